The fraction of sp³-hybridized carbons (Fsp3) is 0.750. The van der Waals surface area contributed by atoms with E-state index in [-0.39, 0.29) is 17.2 Å². The average molecular weight is 278 g/mol. The molecule has 0 aromatic heterocycles. The number of carbonyl (C=O) groups is 2. The lowest BCUT2D eigenvalue weighted by Gasteiger charge is -2.46. The molecule has 0 radical (unpaired) electrons. The predicted molar refractivity (Wildman–Crippen MR) is 79.1 cm³/mol. The molecule has 0 aromatic carbocycles. The minimum Gasteiger partial charge on any atom is -0.298 e. The fourth-order valence-corrected chi connectivity index (χ4v) is 3.55. The van der Waals surface area contributed by atoms with E-state index in [0.29, 0.717) is 25.4 Å². The standard InChI is InChI=1S/C16H26N2O2/c1-4-6-13-16(2,3)9-5-10-17(13)11-12-18-14(19)7-8-15(18)20/h4,13H,1,5-12H2,2-3H3/t13-/m1/s1. The number of likely N-dealkylation sites (tertiary alicyclic amines) is 2. The van der Waals surface area contributed by atoms with Crippen LogP contribution in [0.1, 0.15) is 46.0 Å². The summed E-state index contributed by atoms with van der Waals surface area (Å²) >= 11 is 0. The summed E-state index contributed by atoms with van der Waals surface area (Å²) in [5.74, 6) is -0.0157. The third-order valence-electron chi connectivity index (χ3n) is 4.76. The van der Waals surface area contributed by atoms with Crippen LogP contribution in [0.25, 0.3) is 0 Å². The highest BCUT2D eigenvalue weighted by atomic mass is 16.2. The van der Waals surface area contributed by atoms with Gasteiger partial charge in [0.15, 0.2) is 0 Å². The van der Waals surface area contributed by atoms with Crippen LogP contribution in [0, 0.1) is 5.41 Å². The lowest BCUT2D eigenvalue weighted by molar-refractivity contribution is -0.138. The predicted octanol–water partition coefficient (Wildman–Crippen LogP) is 2.20. The molecule has 0 spiro atoms. The van der Waals surface area contributed by atoms with Gasteiger partial charge in [-0.2, -0.15) is 0 Å². The van der Waals surface area contributed by atoms with Crippen molar-refractivity contribution in [3.8, 4) is 0 Å². The molecule has 2 aliphatic rings. The van der Waals surface area contributed by atoms with Crippen molar-refractivity contribution in [3.63, 3.8) is 0 Å². The Balaban J connectivity index is 1.97. The maximum absolute atomic E-state index is 11.7. The van der Waals surface area contributed by atoms with E-state index in [4.69, 9.17) is 0 Å². The van der Waals surface area contributed by atoms with Gasteiger partial charge in [-0.05, 0) is 31.2 Å². The van der Waals surface area contributed by atoms with Crippen LogP contribution >= 0.6 is 0 Å². The van der Waals surface area contributed by atoms with E-state index < -0.39 is 0 Å². The maximum atomic E-state index is 11.7. The molecule has 0 saturated carbocycles. The lowest BCUT2D eigenvalue weighted by Crippen LogP contribution is -2.52. The molecule has 0 bridgehead atoms. The van der Waals surface area contributed by atoms with Crippen LogP contribution in [-0.4, -0.2) is 47.3 Å². The number of hydrogen-bond acceptors (Lipinski definition) is 3. The van der Waals surface area contributed by atoms with Crippen LogP contribution in [0.4, 0.5) is 0 Å². The minimum atomic E-state index is -0.00783. The Morgan fingerprint density at radius 2 is 1.90 bits per heavy atom. The Kier molecular flexibility index (Phi) is 4.63. The van der Waals surface area contributed by atoms with Crippen LogP contribution in [0.3, 0.4) is 0 Å². The first-order chi connectivity index (χ1) is 9.45. The molecule has 2 fully saturated rings. The first-order valence-electron chi connectivity index (χ1n) is 7.64. The van der Waals surface area contributed by atoms with Crippen LogP contribution in [-0.2, 0) is 9.59 Å². The molecule has 0 aromatic rings. The summed E-state index contributed by atoms with van der Waals surface area (Å²) in [5, 5.41) is 0. The monoisotopic (exact) mass is 278 g/mol. The highest BCUT2D eigenvalue weighted by Crippen LogP contribution is 2.36. The number of rotatable bonds is 5. The molecule has 1 atom stereocenters. The molecule has 0 aliphatic carbocycles. The summed E-state index contributed by atoms with van der Waals surface area (Å²) in [6.45, 7) is 10.9. The van der Waals surface area contributed by atoms with Gasteiger partial charge in [0.1, 0.15) is 0 Å². The molecule has 0 unspecified atom stereocenters. The summed E-state index contributed by atoms with van der Waals surface area (Å²) in [7, 11) is 0. The number of carbonyl (C=O) groups excluding carboxylic acids is 2. The smallest absolute Gasteiger partial charge is 0.229 e. The summed E-state index contributed by atoms with van der Waals surface area (Å²) in [6.07, 6.45) is 6.14. The Labute approximate surface area is 121 Å². The van der Waals surface area contributed by atoms with Crippen molar-refractivity contribution in [1.29, 1.82) is 0 Å². The number of amides is 2. The zero-order chi connectivity index (χ0) is 14.8. The van der Waals surface area contributed by atoms with Crippen molar-refractivity contribution in [2.45, 2.75) is 52.0 Å². The van der Waals surface area contributed by atoms with E-state index >= 15 is 0 Å². The van der Waals surface area contributed by atoms with Crippen LogP contribution in [0.2, 0.25) is 0 Å². The molecular formula is C16H26N2O2. The molecule has 2 saturated heterocycles. The van der Waals surface area contributed by atoms with Gasteiger partial charge in [-0.3, -0.25) is 19.4 Å². The molecule has 112 valence electrons. The second kappa shape index (κ2) is 6.08. The first kappa shape index (κ1) is 15.2. The van der Waals surface area contributed by atoms with E-state index in [0.717, 1.165) is 19.5 Å². The van der Waals surface area contributed by atoms with E-state index in [9.17, 15) is 9.59 Å². The van der Waals surface area contributed by atoms with Gasteiger partial charge in [0.05, 0.1) is 0 Å². The molecule has 20 heavy (non-hydrogen) atoms. The molecular weight excluding hydrogens is 252 g/mol. The van der Waals surface area contributed by atoms with E-state index in [2.05, 4.69) is 25.3 Å². The van der Waals surface area contributed by atoms with Gasteiger partial charge in [0.25, 0.3) is 0 Å². The molecule has 2 aliphatic heterocycles. The molecule has 4 nitrogen and oxygen atoms in total. The van der Waals surface area contributed by atoms with Crippen molar-refractivity contribution >= 4 is 11.8 Å². The van der Waals surface area contributed by atoms with E-state index in [1.54, 1.807) is 0 Å². The van der Waals surface area contributed by atoms with Gasteiger partial charge in [-0.1, -0.05) is 19.9 Å². The van der Waals surface area contributed by atoms with Crippen molar-refractivity contribution in [1.82, 2.24) is 9.80 Å². The zero-order valence-electron chi connectivity index (χ0n) is 12.7. The average Bonchev–Trinajstić information content (AvgIpc) is 2.70. The Morgan fingerprint density at radius 1 is 1.25 bits per heavy atom. The molecule has 2 heterocycles. The number of piperidine rings is 1. The van der Waals surface area contributed by atoms with Gasteiger partial charge in [0, 0.05) is 32.0 Å². The zero-order valence-corrected chi connectivity index (χ0v) is 12.7. The maximum Gasteiger partial charge on any atom is 0.229 e. The van der Waals surface area contributed by atoms with Crippen molar-refractivity contribution in [2.75, 3.05) is 19.6 Å². The molecule has 2 amide bonds. The van der Waals surface area contributed by atoms with Crippen molar-refractivity contribution in [2.24, 2.45) is 5.41 Å². The Morgan fingerprint density at radius 3 is 2.50 bits per heavy atom. The third-order valence-corrected chi connectivity index (χ3v) is 4.76. The van der Waals surface area contributed by atoms with Gasteiger partial charge in [-0.15, -0.1) is 6.58 Å². The fourth-order valence-electron chi connectivity index (χ4n) is 3.55. The third kappa shape index (κ3) is 3.11. The van der Waals surface area contributed by atoms with Crippen LogP contribution < -0.4 is 0 Å². The summed E-state index contributed by atoms with van der Waals surface area (Å²) in [4.78, 5) is 27.2. The van der Waals surface area contributed by atoms with Crippen molar-refractivity contribution in [3.05, 3.63) is 12.7 Å². The second-order valence-corrected chi connectivity index (χ2v) is 6.61. The first-order valence-corrected chi connectivity index (χ1v) is 7.64. The minimum absolute atomic E-state index is 0.00783. The van der Waals surface area contributed by atoms with Gasteiger partial charge < -0.3 is 0 Å². The molecule has 2 rings (SSSR count). The quantitative estimate of drug-likeness (QED) is 0.572. The largest absolute Gasteiger partial charge is 0.298 e. The van der Waals surface area contributed by atoms with Gasteiger partial charge >= 0.3 is 0 Å². The summed E-state index contributed by atoms with van der Waals surface area (Å²) in [6, 6.07) is 0.460. The van der Waals surface area contributed by atoms with Crippen LogP contribution in [0.5, 0.6) is 0 Å². The second-order valence-electron chi connectivity index (χ2n) is 6.61. The highest BCUT2D eigenvalue weighted by molar-refractivity contribution is 6.01. The number of imide groups is 1. The normalized spacial score (nSPS) is 27.1. The Bertz CT molecular complexity index is 387. The van der Waals surface area contributed by atoms with Crippen molar-refractivity contribution < 1.29 is 9.59 Å². The van der Waals surface area contributed by atoms with Gasteiger partial charge in [-0.25, -0.2) is 0 Å². The number of nitrogens with zero attached hydrogens (tertiary/aromatic N) is 2. The van der Waals surface area contributed by atoms with E-state index in [1.807, 2.05) is 6.08 Å². The van der Waals surface area contributed by atoms with Gasteiger partial charge in [0.2, 0.25) is 11.8 Å². The van der Waals surface area contributed by atoms with E-state index in [1.165, 1.54) is 17.7 Å². The lowest BCUT2D eigenvalue weighted by atomic mass is 9.75. The SMILES string of the molecule is C=CC[C@H]1N(CCN2C(=O)CCC2=O)CCCC1(C)C. The highest BCUT2D eigenvalue weighted by Gasteiger charge is 2.37. The number of hydrogen-bond donors (Lipinski definition) is 0. The molecule has 0 N–H and O–H groups in total. The molecule has 4 heteroatoms. The topological polar surface area (TPSA) is 40.6 Å². The Hall–Kier alpha value is -1.16. The summed E-state index contributed by atoms with van der Waals surface area (Å²) in [5.41, 5.74) is 0.269. The summed E-state index contributed by atoms with van der Waals surface area (Å²) < 4.78 is 0. The van der Waals surface area contributed by atoms with Crippen LogP contribution in [0.15, 0.2) is 12.7 Å².